The van der Waals surface area contributed by atoms with Crippen molar-refractivity contribution in [2.75, 3.05) is 11.9 Å². The number of amides is 1. The van der Waals surface area contributed by atoms with Crippen molar-refractivity contribution in [2.45, 2.75) is 44.5 Å². The minimum Gasteiger partial charge on any atom is -0.494 e. The summed E-state index contributed by atoms with van der Waals surface area (Å²) in [6.07, 6.45) is 4.15. The molecule has 5 heteroatoms. The van der Waals surface area contributed by atoms with E-state index in [0.717, 1.165) is 18.1 Å². The van der Waals surface area contributed by atoms with Crippen LogP contribution in [-0.4, -0.2) is 31.0 Å². The zero-order valence-corrected chi connectivity index (χ0v) is 13.8. The second-order valence-electron chi connectivity index (χ2n) is 7.54. The van der Waals surface area contributed by atoms with Gasteiger partial charge in [0.15, 0.2) is 0 Å². The second-order valence-corrected chi connectivity index (χ2v) is 7.54. The van der Waals surface area contributed by atoms with Gasteiger partial charge in [0.05, 0.1) is 18.8 Å². The Balaban J connectivity index is 1.20. The van der Waals surface area contributed by atoms with Gasteiger partial charge in [-0.2, -0.15) is 0 Å². The summed E-state index contributed by atoms with van der Waals surface area (Å²) in [5.41, 5.74) is 0.711. The van der Waals surface area contributed by atoms with Crippen LogP contribution in [0.3, 0.4) is 0 Å². The van der Waals surface area contributed by atoms with Crippen molar-refractivity contribution in [3.8, 4) is 5.75 Å². The number of epoxide rings is 1. The summed E-state index contributed by atoms with van der Waals surface area (Å²) in [5.74, 6) is 3.44. The molecule has 0 aromatic heterocycles. The highest BCUT2D eigenvalue weighted by molar-refractivity contribution is 5.85. The molecule has 24 heavy (non-hydrogen) atoms. The van der Waals surface area contributed by atoms with E-state index in [0.29, 0.717) is 42.3 Å². The van der Waals surface area contributed by atoms with Gasteiger partial charge < -0.3 is 14.2 Å². The molecule has 1 aliphatic heterocycles. The van der Waals surface area contributed by atoms with E-state index in [1.165, 1.54) is 12.8 Å². The van der Waals surface area contributed by atoms with Crippen molar-refractivity contribution in [3.63, 3.8) is 0 Å². The van der Waals surface area contributed by atoms with Crippen LogP contribution in [0.25, 0.3) is 0 Å². The number of rotatable bonds is 4. The molecule has 3 aliphatic carbocycles. The van der Waals surface area contributed by atoms with Crippen LogP contribution in [0.5, 0.6) is 5.75 Å². The molecule has 1 heterocycles. The molecule has 4 aliphatic rings. The molecule has 5 nitrogen and oxygen atoms in total. The van der Waals surface area contributed by atoms with Gasteiger partial charge in [-0.25, -0.2) is 4.79 Å². The molecule has 1 amide bonds. The number of anilines is 1. The maximum Gasteiger partial charge on any atom is 0.411 e. The van der Waals surface area contributed by atoms with E-state index in [2.05, 4.69) is 5.32 Å². The van der Waals surface area contributed by atoms with E-state index in [9.17, 15) is 4.79 Å². The molecular formula is C19H23NO4. The molecule has 0 radical (unpaired) electrons. The van der Waals surface area contributed by atoms with Crippen LogP contribution in [0.2, 0.25) is 0 Å². The molecule has 128 valence electrons. The third kappa shape index (κ3) is 2.29. The number of benzene rings is 1. The number of nitrogens with one attached hydrogen (secondary N) is 1. The molecule has 5 rings (SSSR count). The zero-order chi connectivity index (χ0) is 16.3. The third-order valence-corrected chi connectivity index (χ3v) is 6.33. The number of hydrogen-bond acceptors (Lipinski definition) is 4. The fourth-order valence-electron chi connectivity index (χ4n) is 5.52. The first-order valence-corrected chi connectivity index (χ1v) is 9.09. The van der Waals surface area contributed by atoms with E-state index in [-0.39, 0.29) is 12.2 Å². The van der Waals surface area contributed by atoms with Crippen LogP contribution in [0.1, 0.15) is 26.2 Å². The van der Waals surface area contributed by atoms with Gasteiger partial charge in [0.25, 0.3) is 0 Å². The van der Waals surface area contributed by atoms with E-state index < -0.39 is 0 Å². The summed E-state index contributed by atoms with van der Waals surface area (Å²) < 4.78 is 16.9. The molecule has 4 fully saturated rings. The monoisotopic (exact) mass is 329 g/mol. The summed E-state index contributed by atoms with van der Waals surface area (Å²) in [4.78, 5) is 12.3. The molecule has 0 spiro atoms. The Hall–Kier alpha value is -1.75. The lowest BCUT2D eigenvalue weighted by Gasteiger charge is -2.32. The molecular weight excluding hydrogens is 306 g/mol. The third-order valence-electron chi connectivity index (χ3n) is 6.33. The molecule has 1 N–H and O–H groups in total. The standard InChI is InChI=1S/C19H23NO4/c1-2-22-12-5-3-4-11(8-12)20-19(21)24-15-7-10-6-13(15)14-9-16-18(23-16)17(10)14/h3-5,8,10,13-18H,2,6-7,9H2,1H3,(H,20,21)/t10-,13+,14+,15-,16+,17-,18-/m1/s1. The molecule has 2 bridgehead atoms. The molecule has 3 saturated carbocycles. The molecule has 7 atom stereocenters. The van der Waals surface area contributed by atoms with Crippen molar-refractivity contribution in [1.29, 1.82) is 0 Å². The number of carbonyl (C=O) groups is 1. The van der Waals surface area contributed by atoms with Crippen LogP contribution in [0.4, 0.5) is 10.5 Å². The van der Waals surface area contributed by atoms with Gasteiger partial charge in [0.2, 0.25) is 0 Å². The van der Waals surface area contributed by atoms with Crippen LogP contribution in [0, 0.1) is 23.7 Å². The molecule has 1 aromatic rings. The molecule has 1 saturated heterocycles. The maximum absolute atomic E-state index is 12.3. The highest BCUT2D eigenvalue weighted by atomic mass is 16.6. The van der Waals surface area contributed by atoms with Gasteiger partial charge in [-0.3, -0.25) is 5.32 Å². The Morgan fingerprint density at radius 2 is 2.21 bits per heavy atom. The van der Waals surface area contributed by atoms with Crippen molar-refractivity contribution in [3.05, 3.63) is 24.3 Å². The first kappa shape index (κ1) is 14.6. The smallest absolute Gasteiger partial charge is 0.411 e. The Kier molecular flexibility index (Phi) is 3.27. The summed E-state index contributed by atoms with van der Waals surface area (Å²) in [5, 5.41) is 2.84. The number of fused-ring (bicyclic) bond motifs is 7. The number of ether oxygens (including phenoxy) is 3. The first-order chi connectivity index (χ1) is 11.7. The first-order valence-electron chi connectivity index (χ1n) is 9.09. The van der Waals surface area contributed by atoms with Gasteiger partial charge in [0, 0.05) is 11.8 Å². The van der Waals surface area contributed by atoms with Gasteiger partial charge in [-0.05, 0) is 62.0 Å². The van der Waals surface area contributed by atoms with Gasteiger partial charge in [0.1, 0.15) is 11.9 Å². The molecule has 0 unspecified atom stereocenters. The fourth-order valence-corrected chi connectivity index (χ4v) is 5.52. The van der Waals surface area contributed by atoms with Gasteiger partial charge >= 0.3 is 6.09 Å². The number of hydrogen-bond donors (Lipinski definition) is 1. The van der Waals surface area contributed by atoms with Crippen LogP contribution in [0.15, 0.2) is 24.3 Å². The lowest BCUT2D eigenvalue weighted by molar-refractivity contribution is 0.0251. The van der Waals surface area contributed by atoms with Crippen LogP contribution in [-0.2, 0) is 9.47 Å². The minimum absolute atomic E-state index is 0.0730. The topological polar surface area (TPSA) is 60.1 Å². The highest BCUT2D eigenvalue weighted by Gasteiger charge is 2.67. The lowest BCUT2D eigenvalue weighted by atomic mass is 9.79. The average Bonchev–Trinajstić information content (AvgIpc) is 2.92. The van der Waals surface area contributed by atoms with E-state index in [1.807, 2.05) is 31.2 Å². The van der Waals surface area contributed by atoms with Crippen molar-refractivity contribution in [1.82, 2.24) is 0 Å². The fraction of sp³-hybridized carbons (Fsp3) is 0.632. The zero-order valence-electron chi connectivity index (χ0n) is 13.8. The predicted molar refractivity (Wildman–Crippen MR) is 88.0 cm³/mol. The average molecular weight is 329 g/mol. The minimum atomic E-state index is -0.350. The Morgan fingerprint density at radius 1 is 1.29 bits per heavy atom. The summed E-state index contributed by atoms with van der Waals surface area (Å²) in [6.45, 7) is 2.54. The van der Waals surface area contributed by atoms with E-state index in [1.54, 1.807) is 0 Å². The van der Waals surface area contributed by atoms with E-state index >= 15 is 0 Å². The Labute approximate surface area is 141 Å². The summed E-state index contributed by atoms with van der Waals surface area (Å²) in [7, 11) is 0. The second kappa shape index (κ2) is 5.38. The maximum atomic E-state index is 12.3. The normalized spacial score (nSPS) is 40.8. The van der Waals surface area contributed by atoms with Crippen molar-refractivity contribution >= 4 is 11.8 Å². The summed E-state index contributed by atoms with van der Waals surface area (Å²) >= 11 is 0. The quantitative estimate of drug-likeness (QED) is 0.860. The Morgan fingerprint density at radius 3 is 3.08 bits per heavy atom. The predicted octanol–water partition coefficient (Wildman–Crippen LogP) is 3.45. The van der Waals surface area contributed by atoms with Gasteiger partial charge in [-0.15, -0.1) is 0 Å². The highest BCUT2D eigenvalue weighted by Crippen LogP contribution is 2.64. The van der Waals surface area contributed by atoms with Crippen LogP contribution >= 0.6 is 0 Å². The SMILES string of the molecule is CCOc1cccc(NC(=O)O[C@@H]2C[C@H]3C[C@H]2[C@@H]2C[C@@H]4O[C@H]4[C@H]32)c1. The van der Waals surface area contributed by atoms with Crippen LogP contribution < -0.4 is 10.1 Å². The van der Waals surface area contributed by atoms with Crippen molar-refractivity contribution in [2.24, 2.45) is 23.7 Å². The lowest BCUT2D eigenvalue weighted by Crippen LogP contribution is -2.35. The van der Waals surface area contributed by atoms with Gasteiger partial charge in [-0.1, -0.05) is 6.07 Å². The van der Waals surface area contributed by atoms with E-state index in [4.69, 9.17) is 14.2 Å². The summed E-state index contributed by atoms with van der Waals surface area (Å²) in [6, 6.07) is 7.42. The van der Waals surface area contributed by atoms with Crippen molar-refractivity contribution < 1.29 is 19.0 Å². The largest absolute Gasteiger partial charge is 0.494 e. The Bertz CT molecular complexity index is 663. The molecule has 1 aromatic carbocycles. The number of carbonyl (C=O) groups excluding carboxylic acids is 1.